The molecule has 0 spiro atoms. The van der Waals surface area contributed by atoms with Crippen LogP contribution in [0.1, 0.15) is 18.4 Å². The minimum atomic E-state index is -3.44. The summed E-state index contributed by atoms with van der Waals surface area (Å²) in [5.74, 6) is 0.437. The van der Waals surface area contributed by atoms with E-state index in [1.54, 1.807) is 25.1 Å². The average Bonchev–Trinajstić information content (AvgIpc) is 2.41. The fraction of sp³-hybridized carbons (Fsp3) is 0.538. The summed E-state index contributed by atoms with van der Waals surface area (Å²) in [6.45, 7) is 3.44. The second kappa shape index (κ2) is 7.09. The summed E-state index contributed by atoms with van der Waals surface area (Å²) in [5.41, 5.74) is 6.24. The molecule has 114 valence electrons. The van der Waals surface area contributed by atoms with Crippen molar-refractivity contribution < 1.29 is 8.42 Å². The van der Waals surface area contributed by atoms with Gasteiger partial charge in [0, 0.05) is 18.1 Å². The molecule has 7 heteroatoms. The van der Waals surface area contributed by atoms with Gasteiger partial charge in [-0.3, -0.25) is 0 Å². The molecule has 2 rings (SSSR count). The van der Waals surface area contributed by atoms with Crippen molar-refractivity contribution in [2.24, 2.45) is 11.7 Å². The number of sulfonamides is 1. The van der Waals surface area contributed by atoms with Crippen LogP contribution in [0.4, 0.5) is 0 Å². The van der Waals surface area contributed by atoms with E-state index in [0.717, 1.165) is 12.8 Å². The number of nitrogens with two attached hydrogens (primary N) is 1. The van der Waals surface area contributed by atoms with Gasteiger partial charge in [0.2, 0.25) is 10.0 Å². The van der Waals surface area contributed by atoms with E-state index in [1.165, 1.54) is 4.31 Å². The molecule has 4 nitrogen and oxygen atoms in total. The molecular weight excluding hydrogens is 319 g/mol. The van der Waals surface area contributed by atoms with Crippen LogP contribution < -0.4 is 5.73 Å². The van der Waals surface area contributed by atoms with Crippen LogP contribution in [0.15, 0.2) is 23.1 Å². The van der Waals surface area contributed by atoms with Crippen LogP contribution in [0, 0.1) is 12.8 Å². The van der Waals surface area contributed by atoms with Crippen molar-refractivity contribution in [3.63, 3.8) is 0 Å². The molecule has 1 aromatic carbocycles. The number of hydrogen-bond acceptors (Lipinski definition) is 3. The van der Waals surface area contributed by atoms with Crippen molar-refractivity contribution >= 4 is 34.0 Å². The minimum Gasteiger partial charge on any atom is -0.330 e. The van der Waals surface area contributed by atoms with E-state index in [0.29, 0.717) is 41.0 Å². The monoisotopic (exact) mass is 338 g/mol. The molecule has 0 saturated carbocycles. The van der Waals surface area contributed by atoms with E-state index in [1.807, 2.05) is 0 Å². The molecule has 1 fully saturated rings. The Bertz CT molecular complexity index is 555. The van der Waals surface area contributed by atoms with Crippen LogP contribution in [-0.4, -0.2) is 32.4 Å². The highest BCUT2D eigenvalue weighted by Crippen LogP contribution is 2.28. The Kier molecular flexibility index (Phi) is 6.28. The summed E-state index contributed by atoms with van der Waals surface area (Å²) in [5, 5.41) is 0.484. The Hall–Kier alpha value is -0.330. The maximum atomic E-state index is 12.6. The van der Waals surface area contributed by atoms with E-state index in [2.05, 4.69) is 0 Å². The molecule has 1 aliphatic heterocycles. The highest BCUT2D eigenvalue weighted by atomic mass is 35.5. The van der Waals surface area contributed by atoms with Crippen molar-refractivity contribution in [2.45, 2.75) is 24.7 Å². The van der Waals surface area contributed by atoms with Gasteiger partial charge in [0.05, 0.1) is 4.90 Å². The molecule has 2 N–H and O–H groups in total. The molecule has 1 saturated heterocycles. The second-order valence-electron chi connectivity index (χ2n) is 4.95. The molecule has 0 aliphatic carbocycles. The molecule has 0 radical (unpaired) electrons. The Labute approximate surface area is 131 Å². The zero-order valence-corrected chi connectivity index (χ0v) is 13.8. The Morgan fingerprint density at radius 1 is 1.35 bits per heavy atom. The molecule has 1 aromatic rings. The Morgan fingerprint density at radius 2 is 1.95 bits per heavy atom. The lowest BCUT2D eigenvalue weighted by atomic mass is 9.99. The second-order valence-corrected chi connectivity index (χ2v) is 7.26. The number of halogens is 2. The first-order valence-electron chi connectivity index (χ1n) is 6.42. The molecule has 20 heavy (non-hydrogen) atoms. The molecule has 0 unspecified atom stereocenters. The first-order chi connectivity index (χ1) is 8.96. The lowest BCUT2D eigenvalue weighted by molar-refractivity contribution is 0.278. The van der Waals surface area contributed by atoms with Gasteiger partial charge in [-0.15, -0.1) is 12.4 Å². The quantitative estimate of drug-likeness (QED) is 0.920. The predicted molar refractivity (Wildman–Crippen MR) is 84.0 cm³/mol. The van der Waals surface area contributed by atoms with Crippen LogP contribution in [0.2, 0.25) is 5.02 Å². The fourth-order valence-electron chi connectivity index (χ4n) is 2.39. The lowest BCUT2D eigenvalue weighted by Crippen LogP contribution is -2.40. The summed E-state index contributed by atoms with van der Waals surface area (Å²) in [6, 6.07) is 5.00. The third-order valence-corrected chi connectivity index (χ3v) is 6.20. The van der Waals surface area contributed by atoms with Crippen molar-refractivity contribution in [3.05, 3.63) is 28.8 Å². The van der Waals surface area contributed by atoms with E-state index in [-0.39, 0.29) is 12.4 Å². The number of piperidine rings is 1. The van der Waals surface area contributed by atoms with Crippen molar-refractivity contribution in [3.8, 4) is 0 Å². The first kappa shape index (κ1) is 17.7. The smallest absolute Gasteiger partial charge is 0.243 e. The lowest BCUT2D eigenvalue weighted by Gasteiger charge is -2.31. The van der Waals surface area contributed by atoms with Gasteiger partial charge in [0.25, 0.3) is 0 Å². The van der Waals surface area contributed by atoms with Crippen molar-refractivity contribution in [1.82, 2.24) is 4.31 Å². The largest absolute Gasteiger partial charge is 0.330 e. The van der Waals surface area contributed by atoms with Crippen LogP contribution in [0.5, 0.6) is 0 Å². The van der Waals surface area contributed by atoms with Crippen molar-refractivity contribution in [1.29, 1.82) is 0 Å². The third kappa shape index (κ3) is 3.46. The fourth-order valence-corrected chi connectivity index (χ4v) is 4.34. The van der Waals surface area contributed by atoms with Gasteiger partial charge in [-0.1, -0.05) is 17.7 Å². The molecule has 0 aromatic heterocycles. The summed E-state index contributed by atoms with van der Waals surface area (Å²) >= 11 is 6.00. The highest BCUT2D eigenvalue weighted by molar-refractivity contribution is 7.89. The van der Waals surface area contributed by atoms with Gasteiger partial charge in [0.15, 0.2) is 0 Å². The predicted octanol–water partition coefficient (Wildman–Crippen LogP) is 2.43. The standard InChI is InChI=1S/C13H19ClN2O2S.ClH/c1-10-12(14)3-2-4-13(10)19(17,18)16-7-5-11(9-15)6-8-16;/h2-4,11H,5-9,15H2,1H3;1H. The zero-order chi connectivity index (χ0) is 14.0. The van der Waals surface area contributed by atoms with Crippen LogP contribution in [0.25, 0.3) is 0 Å². The third-order valence-electron chi connectivity index (χ3n) is 3.74. The van der Waals surface area contributed by atoms with Gasteiger partial charge in [-0.2, -0.15) is 4.31 Å². The molecule has 0 amide bonds. The topological polar surface area (TPSA) is 63.4 Å². The zero-order valence-electron chi connectivity index (χ0n) is 11.4. The van der Waals surface area contributed by atoms with Gasteiger partial charge in [-0.25, -0.2) is 8.42 Å². The minimum absolute atomic E-state index is 0. The van der Waals surface area contributed by atoms with E-state index in [9.17, 15) is 8.42 Å². The molecule has 1 aliphatic rings. The van der Waals surface area contributed by atoms with Gasteiger partial charge >= 0.3 is 0 Å². The van der Waals surface area contributed by atoms with Crippen LogP contribution >= 0.6 is 24.0 Å². The number of benzene rings is 1. The van der Waals surface area contributed by atoms with Gasteiger partial charge in [-0.05, 0) is 49.9 Å². The molecule has 0 bridgehead atoms. The van der Waals surface area contributed by atoms with E-state index in [4.69, 9.17) is 17.3 Å². The van der Waals surface area contributed by atoms with Crippen LogP contribution in [0.3, 0.4) is 0 Å². The SMILES string of the molecule is Cc1c(Cl)cccc1S(=O)(=O)N1CCC(CN)CC1.Cl. The molecule has 0 atom stereocenters. The highest BCUT2D eigenvalue weighted by Gasteiger charge is 2.30. The average molecular weight is 339 g/mol. The number of nitrogens with zero attached hydrogens (tertiary/aromatic N) is 1. The van der Waals surface area contributed by atoms with Crippen LogP contribution in [-0.2, 0) is 10.0 Å². The Morgan fingerprint density at radius 3 is 2.50 bits per heavy atom. The maximum absolute atomic E-state index is 12.6. The number of rotatable bonds is 3. The maximum Gasteiger partial charge on any atom is 0.243 e. The van der Waals surface area contributed by atoms with Gasteiger partial charge in [0.1, 0.15) is 0 Å². The number of hydrogen-bond donors (Lipinski definition) is 1. The van der Waals surface area contributed by atoms with E-state index < -0.39 is 10.0 Å². The normalized spacial score (nSPS) is 17.8. The summed E-state index contributed by atoms with van der Waals surface area (Å²) in [7, 11) is -3.44. The summed E-state index contributed by atoms with van der Waals surface area (Å²) in [4.78, 5) is 0.311. The summed E-state index contributed by atoms with van der Waals surface area (Å²) < 4.78 is 26.7. The summed E-state index contributed by atoms with van der Waals surface area (Å²) in [6.07, 6.45) is 1.66. The van der Waals surface area contributed by atoms with E-state index >= 15 is 0 Å². The van der Waals surface area contributed by atoms with Crippen molar-refractivity contribution in [2.75, 3.05) is 19.6 Å². The van der Waals surface area contributed by atoms with Gasteiger partial charge < -0.3 is 5.73 Å². The first-order valence-corrected chi connectivity index (χ1v) is 8.24. The Balaban J connectivity index is 0.00000200. The molecular formula is C13H20Cl2N2O2S. The molecule has 1 heterocycles.